The van der Waals surface area contributed by atoms with Gasteiger partial charge in [0.05, 0.1) is 12.7 Å². The molecule has 1 saturated heterocycles. The van der Waals surface area contributed by atoms with Crippen molar-refractivity contribution in [2.45, 2.75) is 12.7 Å². The number of carbonyl (C=O) groups is 1. The average molecular weight is 206 g/mol. The van der Waals surface area contributed by atoms with Crippen LogP contribution in [-0.2, 0) is 11.3 Å². The highest BCUT2D eigenvalue weighted by Gasteiger charge is 2.17. The fourth-order valence-electron chi connectivity index (χ4n) is 1.47. The first-order valence-electron chi connectivity index (χ1n) is 4.97. The quantitative estimate of drug-likeness (QED) is 0.743. The summed E-state index contributed by atoms with van der Waals surface area (Å²) in [6, 6.07) is 7.27. The summed E-state index contributed by atoms with van der Waals surface area (Å²) in [6.07, 6.45) is 0.269. The van der Waals surface area contributed by atoms with Crippen LogP contribution < -0.4 is 11.1 Å². The van der Waals surface area contributed by atoms with E-state index in [9.17, 15) is 4.79 Å². The van der Waals surface area contributed by atoms with Gasteiger partial charge in [0.1, 0.15) is 0 Å². The number of hydrogen-bond donors (Lipinski definition) is 2. The maximum Gasteiger partial charge on any atom is 0.249 e. The molecule has 1 aliphatic rings. The van der Waals surface area contributed by atoms with Crippen molar-refractivity contribution in [3.8, 4) is 0 Å². The number of nitrogens with one attached hydrogen (secondary N) is 1. The van der Waals surface area contributed by atoms with E-state index in [1.807, 2.05) is 12.1 Å². The fraction of sp³-hybridized carbons (Fsp3) is 0.364. The Balaban J connectivity index is 2.02. The zero-order chi connectivity index (χ0) is 10.7. The van der Waals surface area contributed by atoms with Gasteiger partial charge >= 0.3 is 0 Å². The van der Waals surface area contributed by atoms with Gasteiger partial charge in [0.15, 0.2) is 0 Å². The van der Waals surface area contributed by atoms with Crippen LogP contribution in [0.15, 0.2) is 24.3 Å². The first-order valence-corrected chi connectivity index (χ1v) is 4.97. The minimum atomic E-state index is -0.402. The Morgan fingerprint density at radius 2 is 2.20 bits per heavy atom. The van der Waals surface area contributed by atoms with Crippen LogP contribution in [0.3, 0.4) is 0 Å². The van der Waals surface area contributed by atoms with Crippen molar-refractivity contribution in [3.05, 3.63) is 35.4 Å². The predicted molar refractivity (Wildman–Crippen MR) is 56.4 cm³/mol. The molecule has 1 amide bonds. The number of ether oxygens (including phenoxy) is 1. The molecule has 15 heavy (non-hydrogen) atoms. The molecule has 0 saturated carbocycles. The van der Waals surface area contributed by atoms with Crippen LogP contribution in [0.2, 0.25) is 0 Å². The van der Waals surface area contributed by atoms with Crippen molar-refractivity contribution >= 4 is 5.91 Å². The molecule has 4 nitrogen and oxygen atoms in total. The Morgan fingerprint density at radius 3 is 2.80 bits per heavy atom. The van der Waals surface area contributed by atoms with E-state index in [-0.39, 0.29) is 6.10 Å². The van der Waals surface area contributed by atoms with Crippen LogP contribution in [0.5, 0.6) is 0 Å². The van der Waals surface area contributed by atoms with Gasteiger partial charge in [0.2, 0.25) is 5.91 Å². The van der Waals surface area contributed by atoms with Crippen molar-refractivity contribution in [1.82, 2.24) is 5.32 Å². The number of amides is 1. The Morgan fingerprint density at radius 1 is 1.47 bits per heavy atom. The summed E-state index contributed by atoms with van der Waals surface area (Å²) in [5.41, 5.74) is 6.66. The molecule has 0 atom stereocenters. The van der Waals surface area contributed by atoms with Crippen LogP contribution in [-0.4, -0.2) is 25.1 Å². The fourth-order valence-corrected chi connectivity index (χ4v) is 1.47. The minimum Gasteiger partial charge on any atom is -0.371 e. The van der Waals surface area contributed by atoms with Crippen LogP contribution >= 0.6 is 0 Å². The zero-order valence-electron chi connectivity index (χ0n) is 8.40. The van der Waals surface area contributed by atoms with Gasteiger partial charge in [-0.05, 0) is 11.6 Å². The highest BCUT2D eigenvalue weighted by Crippen LogP contribution is 2.11. The van der Waals surface area contributed by atoms with E-state index in [0.717, 1.165) is 18.7 Å². The molecule has 0 unspecified atom stereocenters. The summed E-state index contributed by atoms with van der Waals surface area (Å²) in [5, 5.41) is 3.12. The average Bonchev–Trinajstić information content (AvgIpc) is 2.16. The normalized spacial score (nSPS) is 16.0. The third-order valence-electron chi connectivity index (χ3n) is 2.50. The SMILES string of the molecule is NC(=O)c1ccccc1COC1CNC1. The van der Waals surface area contributed by atoms with E-state index in [0.29, 0.717) is 12.2 Å². The molecule has 4 heteroatoms. The summed E-state index contributed by atoms with van der Waals surface area (Å²) < 4.78 is 5.58. The number of nitrogens with two attached hydrogens (primary N) is 1. The summed E-state index contributed by atoms with van der Waals surface area (Å²) >= 11 is 0. The maximum absolute atomic E-state index is 11.1. The van der Waals surface area contributed by atoms with Crippen molar-refractivity contribution in [1.29, 1.82) is 0 Å². The first-order chi connectivity index (χ1) is 7.27. The van der Waals surface area contributed by atoms with Gasteiger partial charge in [0, 0.05) is 18.7 Å². The second-order valence-electron chi connectivity index (χ2n) is 3.61. The molecule has 80 valence electrons. The summed E-state index contributed by atoms with van der Waals surface area (Å²) in [5.74, 6) is -0.402. The van der Waals surface area contributed by atoms with Gasteiger partial charge in [-0.1, -0.05) is 18.2 Å². The standard InChI is InChI=1S/C11H14N2O2/c12-11(14)10-4-2-1-3-8(10)7-15-9-5-13-6-9/h1-4,9,13H,5-7H2,(H2,12,14). The Bertz CT molecular complexity index is 361. The smallest absolute Gasteiger partial charge is 0.249 e. The number of carbonyl (C=O) groups excluding carboxylic acids is 1. The van der Waals surface area contributed by atoms with Gasteiger partial charge in [-0.15, -0.1) is 0 Å². The van der Waals surface area contributed by atoms with Crippen LogP contribution in [0.1, 0.15) is 15.9 Å². The van der Waals surface area contributed by atoms with Crippen molar-refractivity contribution < 1.29 is 9.53 Å². The molecule has 1 aliphatic heterocycles. The van der Waals surface area contributed by atoms with Crippen LogP contribution in [0.25, 0.3) is 0 Å². The lowest BCUT2D eigenvalue weighted by Gasteiger charge is -2.27. The Labute approximate surface area is 88.4 Å². The minimum absolute atomic E-state index is 0.269. The molecule has 0 spiro atoms. The highest BCUT2D eigenvalue weighted by atomic mass is 16.5. The van der Waals surface area contributed by atoms with Crippen LogP contribution in [0, 0.1) is 0 Å². The number of benzene rings is 1. The van der Waals surface area contributed by atoms with Crippen molar-refractivity contribution in [2.24, 2.45) is 5.73 Å². The number of hydrogen-bond acceptors (Lipinski definition) is 3. The highest BCUT2D eigenvalue weighted by molar-refractivity contribution is 5.94. The lowest BCUT2D eigenvalue weighted by Crippen LogP contribution is -2.48. The van der Waals surface area contributed by atoms with Crippen molar-refractivity contribution in [2.75, 3.05) is 13.1 Å². The lowest BCUT2D eigenvalue weighted by atomic mass is 10.1. The molecule has 0 bridgehead atoms. The molecule has 1 aromatic carbocycles. The zero-order valence-corrected chi connectivity index (χ0v) is 8.40. The molecule has 1 aromatic rings. The summed E-state index contributed by atoms with van der Waals surface area (Å²) in [7, 11) is 0. The Hall–Kier alpha value is -1.39. The molecule has 0 aliphatic carbocycles. The van der Waals surface area contributed by atoms with Gasteiger partial charge in [-0.25, -0.2) is 0 Å². The second kappa shape index (κ2) is 4.42. The van der Waals surface area contributed by atoms with Gasteiger partial charge in [-0.2, -0.15) is 0 Å². The lowest BCUT2D eigenvalue weighted by molar-refractivity contribution is 0.00730. The molecule has 1 heterocycles. The Kier molecular flexibility index (Phi) is 2.99. The van der Waals surface area contributed by atoms with Gasteiger partial charge in [0.25, 0.3) is 0 Å². The molecule has 2 rings (SSSR count). The molecular weight excluding hydrogens is 192 g/mol. The van der Waals surface area contributed by atoms with Gasteiger partial charge in [-0.3, -0.25) is 4.79 Å². The maximum atomic E-state index is 11.1. The van der Waals surface area contributed by atoms with E-state index in [1.54, 1.807) is 12.1 Å². The molecule has 0 aromatic heterocycles. The van der Waals surface area contributed by atoms with Crippen molar-refractivity contribution in [3.63, 3.8) is 0 Å². The molecule has 0 radical (unpaired) electrons. The number of primary amides is 1. The number of rotatable bonds is 4. The van der Waals surface area contributed by atoms with E-state index in [1.165, 1.54) is 0 Å². The van der Waals surface area contributed by atoms with E-state index >= 15 is 0 Å². The predicted octanol–water partition coefficient (Wildman–Crippen LogP) is 0.274. The van der Waals surface area contributed by atoms with E-state index in [2.05, 4.69) is 5.32 Å². The third-order valence-corrected chi connectivity index (χ3v) is 2.50. The van der Waals surface area contributed by atoms with Gasteiger partial charge < -0.3 is 15.8 Å². The monoisotopic (exact) mass is 206 g/mol. The molecular formula is C11H14N2O2. The second-order valence-corrected chi connectivity index (χ2v) is 3.61. The third kappa shape index (κ3) is 2.34. The van der Waals surface area contributed by atoms with Crippen LogP contribution in [0.4, 0.5) is 0 Å². The van der Waals surface area contributed by atoms with E-state index < -0.39 is 5.91 Å². The topological polar surface area (TPSA) is 64.4 Å². The molecule has 1 fully saturated rings. The summed E-state index contributed by atoms with van der Waals surface area (Å²) in [6.45, 7) is 2.23. The van der Waals surface area contributed by atoms with E-state index in [4.69, 9.17) is 10.5 Å². The molecule has 3 N–H and O–H groups in total. The summed E-state index contributed by atoms with van der Waals surface area (Å²) in [4.78, 5) is 11.1. The largest absolute Gasteiger partial charge is 0.371 e. The first kappa shape index (κ1) is 10.1.